The van der Waals surface area contributed by atoms with E-state index in [1.54, 1.807) is 0 Å². The number of aromatic nitrogens is 1. The number of alkyl halides is 3. The molecule has 1 aromatic heterocycles. The van der Waals surface area contributed by atoms with E-state index < -0.39 is 17.0 Å². The number of rotatable bonds is 3. The molecule has 0 aliphatic carbocycles. The van der Waals surface area contributed by atoms with E-state index in [0.29, 0.717) is 0 Å². The molecule has 1 aromatic carbocycles. The zero-order valence-corrected chi connectivity index (χ0v) is 10.7. The Morgan fingerprint density at radius 3 is 2.50 bits per heavy atom. The molecule has 1 heterocycles. The molecule has 7 heteroatoms. The van der Waals surface area contributed by atoms with Crippen LogP contribution in [0.5, 0.6) is 0 Å². The van der Waals surface area contributed by atoms with Crippen LogP contribution in [0.4, 0.5) is 24.7 Å². The van der Waals surface area contributed by atoms with Gasteiger partial charge in [0.25, 0.3) is 5.24 Å². The molecule has 0 aliphatic heterocycles. The molecular formula is C13H8ClF3N2O. The van der Waals surface area contributed by atoms with Crippen molar-refractivity contribution < 1.29 is 18.0 Å². The fraction of sp³-hybridized carbons (Fsp3) is 0.0769. The summed E-state index contributed by atoms with van der Waals surface area (Å²) in [5.41, 5.74) is -1.04. The summed E-state index contributed by atoms with van der Waals surface area (Å²) in [6, 6.07) is 7.76. The van der Waals surface area contributed by atoms with Gasteiger partial charge in [-0.15, -0.1) is 0 Å². The van der Waals surface area contributed by atoms with Crippen molar-refractivity contribution in [1.29, 1.82) is 0 Å². The molecule has 0 spiro atoms. The Morgan fingerprint density at radius 1 is 1.15 bits per heavy atom. The van der Waals surface area contributed by atoms with Gasteiger partial charge in [0.1, 0.15) is 5.82 Å². The van der Waals surface area contributed by atoms with Crippen LogP contribution in [0.2, 0.25) is 0 Å². The number of anilines is 2. The first-order valence-electron chi connectivity index (χ1n) is 5.47. The maximum absolute atomic E-state index is 12.9. The minimum Gasteiger partial charge on any atom is -0.339 e. The van der Waals surface area contributed by atoms with Crippen LogP contribution >= 0.6 is 11.6 Å². The molecule has 0 fully saturated rings. The number of carbonyl (C=O) groups is 1. The number of hydrogen-bond acceptors (Lipinski definition) is 3. The average molecular weight is 301 g/mol. The zero-order valence-electron chi connectivity index (χ0n) is 9.91. The van der Waals surface area contributed by atoms with Gasteiger partial charge in [-0.25, -0.2) is 4.98 Å². The van der Waals surface area contributed by atoms with Crippen molar-refractivity contribution in [2.24, 2.45) is 0 Å². The molecule has 104 valence electrons. The number of hydrogen-bond donors (Lipinski definition) is 1. The average Bonchev–Trinajstić information content (AvgIpc) is 2.38. The lowest BCUT2D eigenvalue weighted by molar-refractivity contribution is -0.136. The number of halogens is 4. The van der Waals surface area contributed by atoms with Crippen LogP contribution in [-0.4, -0.2) is 10.2 Å². The molecule has 20 heavy (non-hydrogen) atoms. The fourth-order valence-electron chi connectivity index (χ4n) is 1.63. The predicted octanol–water partition coefficient (Wildman–Crippen LogP) is 4.22. The van der Waals surface area contributed by atoms with Gasteiger partial charge in [-0.1, -0.05) is 12.1 Å². The Labute approximate surface area is 117 Å². The smallest absolute Gasteiger partial charge is 0.339 e. The van der Waals surface area contributed by atoms with Crippen molar-refractivity contribution >= 4 is 28.3 Å². The third kappa shape index (κ3) is 3.08. The Balaban J connectivity index is 2.44. The number of nitrogens with zero attached hydrogens (tertiary/aromatic N) is 1. The molecule has 0 amide bonds. The first-order chi connectivity index (χ1) is 9.39. The third-order valence-corrected chi connectivity index (χ3v) is 2.71. The molecule has 2 aromatic rings. The standard InChI is InChI=1S/C13H8ClF3N2O/c14-11(20)8-4-3-7-18-12(8)19-10-6-2-1-5-9(10)13(15,16)17/h1-7H,(H,18,19). The van der Waals surface area contributed by atoms with Crippen molar-refractivity contribution in [2.45, 2.75) is 6.18 Å². The topological polar surface area (TPSA) is 42.0 Å². The second kappa shape index (κ2) is 5.50. The molecule has 0 unspecified atom stereocenters. The van der Waals surface area contributed by atoms with Gasteiger partial charge in [-0.3, -0.25) is 4.79 Å². The van der Waals surface area contributed by atoms with Gasteiger partial charge >= 0.3 is 6.18 Å². The fourth-order valence-corrected chi connectivity index (χ4v) is 1.78. The highest BCUT2D eigenvalue weighted by atomic mass is 35.5. The van der Waals surface area contributed by atoms with Gasteiger partial charge < -0.3 is 5.32 Å². The summed E-state index contributed by atoms with van der Waals surface area (Å²) in [7, 11) is 0. The van der Waals surface area contributed by atoms with Gasteiger partial charge in [0.05, 0.1) is 16.8 Å². The van der Waals surface area contributed by atoms with Gasteiger partial charge in [-0.2, -0.15) is 13.2 Å². The van der Waals surface area contributed by atoms with E-state index in [4.69, 9.17) is 11.6 Å². The molecule has 2 rings (SSSR count). The maximum atomic E-state index is 12.9. The second-order valence-electron chi connectivity index (χ2n) is 3.84. The minimum absolute atomic E-state index is 0.00569. The maximum Gasteiger partial charge on any atom is 0.418 e. The highest BCUT2D eigenvalue weighted by Crippen LogP contribution is 2.36. The van der Waals surface area contributed by atoms with E-state index in [1.165, 1.54) is 36.5 Å². The van der Waals surface area contributed by atoms with Crippen molar-refractivity contribution in [1.82, 2.24) is 4.98 Å². The summed E-state index contributed by atoms with van der Waals surface area (Å²) in [5, 5.41) is 1.69. The number of pyridine rings is 1. The normalized spacial score (nSPS) is 11.2. The molecule has 3 nitrogen and oxygen atoms in total. The van der Waals surface area contributed by atoms with Crippen LogP contribution < -0.4 is 5.32 Å². The van der Waals surface area contributed by atoms with Crippen LogP contribution in [0.3, 0.4) is 0 Å². The summed E-state index contributed by atoms with van der Waals surface area (Å²) in [6.45, 7) is 0. The first-order valence-corrected chi connectivity index (χ1v) is 5.85. The Kier molecular flexibility index (Phi) is 3.94. The summed E-state index contributed by atoms with van der Waals surface area (Å²) in [6.07, 6.45) is -3.16. The van der Waals surface area contributed by atoms with Crippen LogP contribution in [0.15, 0.2) is 42.6 Å². The predicted molar refractivity (Wildman–Crippen MR) is 69.1 cm³/mol. The highest BCUT2D eigenvalue weighted by Gasteiger charge is 2.33. The Hall–Kier alpha value is -2.08. The van der Waals surface area contributed by atoms with Crippen molar-refractivity contribution in [3.8, 4) is 0 Å². The zero-order chi connectivity index (χ0) is 14.8. The molecule has 0 atom stereocenters. The van der Waals surface area contributed by atoms with Gasteiger partial charge in [0.2, 0.25) is 0 Å². The van der Waals surface area contributed by atoms with Crippen LogP contribution in [0.25, 0.3) is 0 Å². The minimum atomic E-state index is -4.51. The largest absolute Gasteiger partial charge is 0.418 e. The van der Waals surface area contributed by atoms with E-state index in [-0.39, 0.29) is 17.1 Å². The quantitative estimate of drug-likeness (QED) is 0.863. The molecular weight excluding hydrogens is 293 g/mol. The highest BCUT2D eigenvalue weighted by molar-refractivity contribution is 6.68. The SMILES string of the molecule is O=C(Cl)c1cccnc1Nc1ccccc1C(F)(F)F. The number of para-hydroxylation sites is 1. The van der Waals surface area contributed by atoms with E-state index in [2.05, 4.69) is 10.3 Å². The summed E-state index contributed by atoms with van der Waals surface area (Å²) in [4.78, 5) is 15.0. The van der Waals surface area contributed by atoms with Gasteiger partial charge in [-0.05, 0) is 35.9 Å². The third-order valence-electron chi connectivity index (χ3n) is 2.51. The van der Waals surface area contributed by atoms with E-state index in [1.807, 2.05) is 0 Å². The van der Waals surface area contributed by atoms with Crippen molar-refractivity contribution in [3.05, 3.63) is 53.7 Å². The van der Waals surface area contributed by atoms with Crippen molar-refractivity contribution in [3.63, 3.8) is 0 Å². The van der Waals surface area contributed by atoms with E-state index in [0.717, 1.165) is 6.07 Å². The molecule has 0 aliphatic rings. The summed E-state index contributed by atoms with van der Waals surface area (Å²) < 4.78 is 38.6. The van der Waals surface area contributed by atoms with Crippen LogP contribution in [-0.2, 0) is 6.18 Å². The lowest BCUT2D eigenvalue weighted by atomic mass is 10.1. The molecule has 0 bridgehead atoms. The lowest BCUT2D eigenvalue weighted by Crippen LogP contribution is -2.10. The Morgan fingerprint density at radius 2 is 1.85 bits per heavy atom. The molecule has 0 saturated carbocycles. The van der Waals surface area contributed by atoms with Gasteiger partial charge in [0.15, 0.2) is 0 Å². The number of nitrogens with one attached hydrogen (secondary N) is 1. The Bertz CT molecular complexity index is 644. The number of benzene rings is 1. The van der Waals surface area contributed by atoms with E-state index in [9.17, 15) is 18.0 Å². The van der Waals surface area contributed by atoms with E-state index >= 15 is 0 Å². The lowest BCUT2D eigenvalue weighted by Gasteiger charge is -2.14. The van der Waals surface area contributed by atoms with Gasteiger partial charge in [0, 0.05) is 6.20 Å². The molecule has 0 radical (unpaired) electrons. The number of carbonyl (C=O) groups excluding carboxylic acids is 1. The first kappa shape index (κ1) is 14.3. The summed E-state index contributed by atoms with van der Waals surface area (Å²) >= 11 is 5.36. The second-order valence-corrected chi connectivity index (χ2v) is 4.18. The van der Waals surface area contributed by atoms with Crippen LogP contribution in [0.1, 0.15) is 15.9 Å². The summed E-state index contributed by atoms with van der Waals surface area (Å²) in [5.74, 6) is -0.0239. The monoisotopic (exact) mass is 300 g/mol. The molecule has 0 saturated heterocycles. The van der Waals surface area contributed by atoms with Crippen LogP contribution in [0, 0.1) is 0 Å². The molecule has 1 N–H and O–H groups in total. The van der Waals surface area contributed by atoms with Crippen molar-refractivity contribution in [2.75, 3.05) is 5.32 Å².